The van der Waals surface area contributed by atoms with E-state index >= 15 is 0 Å². The first-order valence-electron chi connectivity index (χ1n) is 7.63. The Hall–Kier alpha value is -0.160. The molecule has 0 aromatic heterocycles. The zero-order valence-corrected chi connectivity index (χ0v) is 12.8. The SMILES string of the molecule is CC(C)NC(C)(CO)CCCOCC1CCCCO1. The Bertz CT molecular complexity index is 229. The van der Waals surface area contributed by atoms with Gasteiger partial charge in [-0.05, 0) is 39.0 Å². The van der Waals surface area contributed by atoms with Gasteiger partial charge >= 0.3 is 0 Å². The van der Waals surface area contributed by atoms with E-state index in [1.807, 2.05) is 0 Å². The molecule has 0 radical (unpaired) electrons. The molecule has 114 valence electrons. The van der Waals surface area contributed by atoms with Crippen LogP contribution < -0.4 is 5.32 Å². The number of aliphatic hydroxyl groups is 1. The Morgan fingerprint density at radius 2 is 2.21 bits per heavy atom. The van der Waals surface area contributed by atoms with Crippen LogP contribution in [0.2, 0.25) is 0 Å². The van der Waals surface area contributed by atoms with Gasteiger partial charge in [-0.25, -0.2) is 0 Å². The van der Waals surface area contributed by atoms with Gasteiger partial charge in [-0.2, -0.15) is 0 Å². The first kappa shape index (κ1) is 16.9. The second-order valence-corrected chi connectivity index (χ2v) is 6.18. The van der Waals surface area contributed by atoms with Gasteiger partial charge in [0.05, 0.1) is 19.3 Å². The van der Waals surface area contributed by atoms with Crippen LogP contribution >= 0.6 is 0 Å². The summed E-state index contributed by atoms with van der Waals surface area (Å²) in [7, 11) is 0. The summed E-state index contributed by atoms with van der Waals surface area (Å²) in [5.74, 6) is 0. The Morgan fingerprint density at radius 3 is 2.79 bits per heavy atom. The number of nitrogens with one attached hydrogen (secondary N) is 1. The maximum atomic E-state index is 9.47. The van der Waals surface area contributed by atoms with Gasteiger partial charge in [0.1, 0.15) is 0 Å². The maximum Gasteiger partial charge on any atom is 0.0808 e. The first-order valence-corrected chi connectivity index (χ1v) is 7.63. The standard InChI is InChI=1S/C15H31NO3/c1-13(2)16-15(3,12-17)8-6-9-18-11-14-7-4-5-10-19-14/h13-14,16-17H,4-12H2,1-3H3. The van der Waals surface area contributed by atoms with Crippen LogP contribution in [0.25, 0.3) is 0 Å². The molecule has 0 aliphatic carbocycles. The van der Waals surface area contributed by atoms with Gasteiger partial charge in [0.2, 0.25) is 0 Å². The topological polar surface area (TPSA) is 50.7 Å². The largest absolute Gasteiger partial charge is 0.394 e. The molecule has 19 heavy (non-hydrogen) atoms. The van der Waals surface area contributed by atoms with Gasteiger partial charge in [-0.1, -0.05) is 13.8 Å². The van der Waals surface area contributed by atoms with E-state index in [9.17, 15) is 5.11 Å². The van der Waals surface area contributed by atoms with Crippen LogP contribution in [-0.2, 0) is 9.47 Å². The summed E-state index contributed by atoms with van der Waals surface area (Å²) in [5.41, 5.74) is -0.196. The minimum atomic E-state index is -0.196. The molecule has 1 heterocycles. The minimum absolute atomic E-state index is 0.164. The summed E-state index contributed by atoms with van der Waals surface area (Å²) in [6.07, 6.45) is 5.76. The van der Waals surface area contributed by atoms with E-state index in [0.29, 0.717) is 18.8 Å². The molecular weight excluding hydrogens is 242 g/mol. The van der Waals surface area contributed by atoms with Gasteiger partial charge < -0.3 is 19.9 Å². The summed E-state index contributed by atoms with van der Waals surface area (Å²) in [5, 5.41) is 12.9. The molecule has 1 aliphatic heterocycles. The zero-order valence-electron chi connectivity index (χ0n) is 12.8. The lowest BCUT2D eigenvalue weighted by atomic mass is 9.96. The van der Waals surface area contributed by atoms with Crippen molar-refractivity contribution >= 4 is 0 Å². The van der Waals surface area contributed by atoms with Crippen molar-refractivity contribution in [2.75, 3.05) is 26.4 Å². The second kappa shape index (κ2) is 8.90. The summed E-state index contributed by atoms with van der Waals surface area (Å²) >= 11 is 0. The van der Waals surface area contributed by atoms with Crippen molar-refractivity contribution in [3.63, 3.8) is 0 Å². The summed E-state index contributed by atoms with van der Waals surface area (Å²) < 4.78 is 11.3. The molecule has 0 aromatic carbocycles. The number of hydrogen-bond acceptors (Lipinski definition) is 4. The molecule has 0 bridgehead atoms. The lowest BCUT2D eigenvalue weighted by molar-refractivity contribution is -0.0419. The lowest BCUT2D eigenvalue weighted by Crippen LogP contribution is -2.49. The zero-order chi connectivity index (χ0) is 14.1. The van der Waals surface area contributed by atoms with Crippen molar-refractivity contribution in [1.82, 2.24) is 5.32 Å². The van der Waals surface area contributed by atoms with E-state index in [4.69, 9.17) is 9.47 Å². The Kier molecular flexibility index (Phi) is 7.91. The summed E-state index contributed by atoms with van der Waals surface area (Å²) in [4.78, 5) is 0. The fourth-order valence-corrected chi connectivity index (χ4v) is 2.61. The molecule has 0 aromatic rings. The van der Waals surface area contributed by atoms with Gasteiger partial charge in [-0.3, -0.25) is 0 Å². The van der Waals surface area contributed by atoms with Crippen molar-refractivity contribution in [1.29, 1.82) is 0 Å². The monoisotopic (exact) mass is 273 g/mol. The molecule has 1 saturated heterocycles. The van der Waals surface area contributed by atoms with Crippen LogP contribution in [0, 0.1) is 0 Å². The maximum absolute atomic E-state index is 9.47. The van der Waals surface area contributed by atoms with Crippen molar-refractivity contribution < 1.29 is 14.6 Å². The predicted molar refractivity (Wildman–Crippen MR) is 77.4 cm³/mol. The highest BCUT2D eigenvalue weighted by molar-refractivity contribution is 4.83. The molecular formula is C15H31NO3. The molecule has 1 rings (SSSR count). The van der Waals surface area contributed by atoms with Crippen molar-refractivity contribution in [2.24, 2.45) is 0 Å². The van der Waals surface area contributed by atoms with E-state index in [2.05, 4.69) is 26.1 Å². The van der Waals surface area contributed by atoms with Crippen molar-refractivity contribution in [3.8, 4) is 0 Å². The molecule has 2 atom stereocenters. The molecule has 4 nitrogen and oxygen atoms in total. The van der Waals surface area contributed by atoms with Gasteiger partial charge in [0.25, 0.3) is 0 Å². The van der Waals surface area contributed by atoms with Gasteiger partial charge in [-0.15, -0.1) is 0 Å². The third kappa shape index (κ3) is 7.25. The number of hydrogen-bond donors (Lipinski definition) is 2. The normalized spacial score (nSPS) is 23.5. The molecule has 0 spiro atoms. The highest BCUT2D eigenvalue weighted by Crippen LogP contribution is 2.15. The van der Waals surface area contributed by atoms with Crippen LogP contribution in [0.1, 0.15) is 52.9 Å². The number of ether oxygens (including phenoxy) is 2. The van der Waals surface area contributed by atoms with Crippen LogP contribution in [0.5, 0.6) is 0 Å². The molecule has 2 unspecified atom stereocenters. The predicted octanol–water partition coefficient (Wildman–Crippen LogP) is 2.10. The van der Waals surface area contributed by atoms with E-state index < -0.39 is 0 Å². The third-order valence-corrected chi connectivity index (χ3v) is 3.58. The van der Waals surface area contributed by atoms with E-state index in [1.165, 1.54) is 12.8 Å². The molecule has 1 fully saturated rings. The lowest BCUT2D eigenvalue weighted by Gasteiger charge is -2.31. The van der Waals surface area contributed by atoms with Gasteiger partial charge in [0.15, 0.2) is 0 Å². The Balaban J connectivity index is 2.08. The van der Waals surface area contributed by atoms with Gasteiger partial charge in [0, 0.05) is 24.8 Å². The molecule has 2 N–H and O–H groups in total. The highest BCUT2D eigenvalue weighted by Gasteiger charge is 2.23. The van der Waals surface area contributed by atoms with Crippen LogP contribution in [-0.4, -0.2) is 49.2 Å². The molecule has 4 heteroatoms. The molecule has 0 amide bonds. The van der Waals surface area contributed by atoms with Crippen LogP contribution in [0.15, 0.2) is 0 Å². The summed E-state index contributed by atoms with van der Waals surface area (Å²) in [6, 6.07) is 0.383. The molecule has 1 aliphatic rings. The second-order valence-electron chi connectivity index (χ2n) is 6.18. The highest BCUT2D eigenvalue weighted by atomic mass is 16.5. The number of rotatable bonds is 9. The minimum Gasteiger partial charge on any atom is -0.394 e. The average molecular weight is 273 g/mol. The quantitative estimate of drug-likeness (QED) is 0.632. The van der Waals surface area contributed by atoms with E-state index in [-0.39, 0.29) is 12.1 Å². The fourth-order valence-electron chi connectivity index (χ4n) is 2.61. The Labute approximate surface area is 117 Å². The summed E-state index contributed by atoms with van der Waals surface area (Å²) in [6.45, 7) is 8.78. The first-order chi connectivity index (χ1) is 9.06. The van der Waals surface area contributed by atoms with Crippen LogP contribution in [0.4, 0.5) is 0 Å². The smallest absolute Gasteiger partial charge is 0.0808 e. The van der Waals surface area contributed by atoms with Crippen molar-refractivity contribution in [2.45, 2.75) is 70.6 Å². The number of aliphatic hydroxyl groups excluding tert-OH is 1. The van der Waals surface area contributed by atoms with Crippen molar-refractivity contribution in [3.05, 3.63) is 0 Å². The van der Waals surface area contributed by atoms with Crippen LogP contribution in [0.3, 0.4) is 0 Å². The molecule has 0 saturated carbocycles. The van der Waals surface area contributed by atoms with E-state index in [0.717, 1.165) is 32.5 Å². The third-order valence-electron chi connectivity index (χ3n) is 3.58. The average Bonchev–Trinajstić information content (AvgIpc) is 2.39. The Morgan fingerprint density at radius 1 is 1.42 bits per heavy atom. The van der Waals surface area contributed by atoms with E-state index in [1.54, 1.807) is 0 Å². The fraction of sp³-hybridized carbons (Fsp3) is 1.00.